The minimum absolute atomic E-state index is 0.573. The molecule has 4 heteroatoms. The van der Waals surface area contributed by atoms with Crippen LogP contribution in [0, 0.1) is 6.07 Å². The van der Waals surface area contributed by atoms with E-state index in [2.05, 4.69) is 22.0 Å². The van der Waals surface area contributed by atoms with Crippen LogP contribution in [0.15, 0.2) is 12.1 Å². The van der Waals surface area contributed by atoms with Gasteiger partial charge in [-0.1, -0.05) is 15.9 Å². The van der Waals surface area contributed by atoms with Gasteiger partial charge in [-0.2, -0.15) is 0 Å². The fraction of sp³-hybridized carbons (Fsp3) is 0.455. The van der Waals surface area contributed by atoms with E-state index >= 15 is 0 Å². The lowest BCUT2D eigenvalue weighted by atomic mass is 10.3. The molecule has 1 radical (unpaired) electrons. The van der Waals surface area contributed by atoms with Crippen LogP contribution in [-0.4, -0.2) is 26.2 Å². The molecule has 0 saturated carbocycles. The van der Waals surface area contributed by atoms with Crippen molar-refractivity contribution >= 4 is 15.9 Å². The maximum Gasteiger partial charge on any atom is 0.204 e. The first kappa shape index (κ1) is 12.2. The second kappa shape index (κ2) is 6.56. The van der Waals surface area contributed by atoms with E-state index in [9.17, 15) is 0 Å². The molecule has 0 spiro atoms. The van der Waals surface area contributed by atoms with Crippen molar-refractivity contribution in [1.82, 2.24) is 0 Å². The maximum atomic E-state index is 5.58. The molecule has 0 fully saturated rings. The van der Waals surface area contributed by atoms with Crippen molar-refractivity contribution in [3.63, 3.8) is 0 Å². The summed E-state index contributed by atoms with van der Waals surface area (Å²) in [6.45, 7) is 0.621. The summed E-state index contributed by atoms with van der Waals surface area (Å²) in [5, 5.41) is 0.911. The number of hydrogen-bond acceptors (Lipinski definition) is 3. The Kier molecular flexibility index (Phi) is 5.32. The molecule has 0 saturated heterocycles. The Balaban J connectivity index is 2.80. The number of halogens is 1. The second-order valence-electron chi connectivity index (χ2n) is 2.80. The molecule has 0 amide bonds. The monoisotopic (exact) mass is 273 g/mol. The van der Waals surface area contributed by atoms with Gasteiger partial charge in [-0.3, -0.25) is 0 Å². The molecular formula is C11H14BrO3. The lowest BCUT2D eigenvalue weighted by Gasteiger charge is -2.13. The highest BCUT2D eigenvalue weighted by atomic mass is 79.9. The maximum absolute atomic E-state index is 5.58. The van der Waals surface area contributed by atoms with Crippen LogP contribution in [0.5, 0.6) is 17.2 Å². The van der Waals surface area contributed by atoms with Crippen molar-refractivity contribution in [1.29, 1.82) is 0 Å². The van der Waals surface area contributed by atoms with Crippen LogP contribution in [0.1, 0.15) is 6.42 Å². The second-order valence-corrected chi connectivity index (χ2v) is 3.59. The van der Waals surface area contributed by atoms with Gasteiger partial charge in [0.25, 0.3) is 0 Å². The number of benzene rings is 1. The first-order valence-electron chi connectivity index (χ1n) is 4.65. The summed E-state index contributed by atoms with van der Waals surface area (Å²) in [5.41, 5.74) is 0. The van der Waals surface area contributed by atoms with E-state index in [0.29, 0.717) is 23.9 Å². The minimum atomic E-state index is 0.573. The van der Waals surface area contributed by atoms with Gasteiger partial charge in [-0.15, -0.1) is 0 Å². The molecule has 0 aliphatic heterocycles. The summed E-state index contributed by atoms with van der Waals surface area (Å²) in [4.78, 5) is 0. The van der Waals surface area contributed by atoms with Gasteiger partial charge < -0.3 is 14.2 Å². The number of hydrogen-bond donors (Lipinski definition) is 0. The quantitative estimate of drug-likeness (QED) is 0.589. The van der Waals surface area contributed by atoms with E-state index < -0.39 is 0 Å². The molecule has 83 valence electrons. The molecule has 15 heavy (non-hydrogen) atoms. The summed E-state index contributed by atoms with van der Waals surface area (Å²) in [6.07, 6.45) is 0.932. The molecule has 3 nitrogen and oxygen atoms in total. The van der Waals surface area contributed by atoms with E-state index in [4.69, 9.17) is 14.2 Å². The Bertz CT molecular complexity index is 280. The van der Waals surface area contributed by atoms with Crippen LogP contribution in [0.25, 0.3) is 0 Å². The molecule has 0 aliphatic rings. The molecular weight excluding hydrogens is 260 g/mol. The Labute approximate surface area is 98.5 Å². The number of ether oxygens (including phenoxy) is 3. The summed E-state index contributed by atoms with van der Waals surface area (Å²) in [7, 11) is 3.19. The average Bonchev–Trinajstić information content (AvgIpc) is 2.29. The molecule has 1 rings (SSSR count). The number of rotatable bonds is 6. The van der Waals surface area contributed by atoms with Crippen molar-refractivity contribution in [2.24, 2.45) is 0 Å². The lowest BCUT2D eigenvalue weighted by Crippen LogP contribution is -2.01. The van der Waals surface area contributed by atoms with Crippen molar-refractivity contribution in [2.75, 3.05) is 26.2 Å². The zero-order valence-electron chi connectivity index (χ0n) is 8.88. The molecule has 0 heterocycles. The summed E-state index contributed by atoms with van der Waals surface area (Å²) < 4.78 is 15.9. The third kappa shape index (κ3) is 3.30. The topological polar surface area (TPSA) is 27.7 Å². The molecule has 0 atom stereocenters. The van der Waals surface area contributed by atoms with Crippen LogP contribution in [-0.2, 0) is 0 Å². The Morgan fingerprint density at radius 3 is 2.73 bits per heavy atom. The molecule has 0 aromatic heterocycles. The van der Waals surface area contributed by atoms with Crippen molar-refractivity contribution in [3.8, 4) is 17.2 Å². The first-order chi connectivity index (χ1) is 7.33. The number of methoxy groups -OCH3 is 2. The van der Waals surface area contributed by atoms with E-state index in [1.54, 1.807) is 26.4 Å². The third-order valence-corrected chi connectivity index (χ3v) is 2.39. The standard InChI is InChI=1S/C11H14BrO3/c1-13-9-5-3-6-10(14-2)11(9)15-8-4-7-12/h3,5H,4,7-8H2,1-2H3. The van der Waals surface area contributed by atoms with Gasteiger partial charge in [0.05, 0.1) is 20.8 Å². The Hall–Kier alpha value is -0.900. The van der Waals surface area contributed by atoms with E-state index in [1.165, 1.54) is 0 Å². The zero-order valence-corrected chi connectivity index (χ0v) is 10.5. The van der Waals surface area contributed by atoms with Gasteiger partial charge in [-0.05, 0) is 18.6 Å². The van der Waals surface area contributed by atoms with Crippen molar-refractivity contribution in [3.05, 3.63) is 18.2 Å². The molecule has 0 aliphatic carbocycles. The van der Waals surface area contributed by atoms with Crippen molar-refractivity contribution < 1.29 is 14.2 Å². The van der Waals surface area contributed by atoms with E-state index in [0.717, 1.165) is 11.8 Å². The highest BCUT2D eigenvalue weighted by molar-refractivity contribution is 9.09. The Morgan fingerprint density at radius 1 is 1.33 bits per heavy atom. The third-order valence-electron chi connectivity index (χ3n) is 1.83. The predicted molar refractivity (Wildman–Crippen MR) is 62.3 cm³/mol. The van der Waals surface area contributed by atoms with Crippen LogP contribution < -0.4 is 14.2 Å². The highest BCUT2D eigenvalue weighted by Gasteiger charge is 2.10. The minimum Gasteiger partial charge on any atom is -0.493 e. The van der Waals surface area contributed by atoms with Crippen molar-refractivity contribution in [2.45, 2.75) is 6.42 Å². The van der Waals surface area contributed by atoms with Gasteiger partial charge in [0.1, 0.15) is 0 Å². The SMILES string of the molecule is COc1[c]ccc(OC)c1OCCCBr. The van der Waals surface area contributed by atoms with E-state index in [1.807, 2.05) is 0 Å². The predicted octanol–water partition coefficient (Wildman–Crippen LogP) is 2.67. The van der Waals surface area contributed by atoms with Gasteiger partial charge >= 0.3 is 0 Å². The smallest absolute Gasteiger partial charge is 0.204 e. The Morgan fingerprint density at radius 2 is 2.13 bits per heavy atom. The first-order valence-corrected chi connectivity index (χ1v) is 5.77. The summed E-state index contributed by atoms with van der Waals surface area (Å²) >= 11 is 3.34. The molecule has 1 aromatic rings. The van der Waals surface area contributed by atoms with Crippen LogP contribution in [0.2, 0.25) is 0 Å². The van der Waals surface area contributed by atoms with Gasteiger partial charge in [0.2, 0.25) is 5.75 Å². The van der Waals surface area contributed by atoms with Gasteiger partial charge in [0, 0.05) is 11.4 Å². The van der Waals surface area contributed by atoms with Gasteiger partial charge in [-0.25, -0.2) is 0 Å². The molecule has 0 bridgehead atoms. The summed E-state index contributed by atoms with van der Waals surface area (Å²) in [5.74, 6) is 1.85. The fourth-order valence-corrected chi connectivity index (χ4v) is 1.35. The fourth-order valence-electron chi connectivity index (χ4n) is 1.12. The van der Waals surface area contributed by atoms with Crippen LogP contribution in [0.4, 0.5) is 0 Å². The zero-order chi connectivity index (χ0) is 11.1. The molecule has 0 N–H and O–H groups in total. The van der Waals surface area contributed by atoms with Gasteiger partial charge in [0.15, 0.2) is 11.5 Å². The highest BCUT2D eigenvalue weighted by Crippen LogP contribution is 2.36. The molecule has 0 unspecified atom stereocenters. The number of alkyl halides is 1. The van der Waals surface area contributed by atoms with E-state index in [-0.39, 0.29) is 0 Å². The van der Waals surface area contributed by atoms with Crippen LogP contribution in [0.3, 0.4) is 0 Å². The summed E-state index contributed by atoms with van der Waals surface area (Å²) in [6, 6.07) is 6.49. The normalized spacial score (nSPS) is 9.80. The van der Waals surface area contributed by atoms with Crippen LogP contribution >= 0.6 is 15.9 Å². The lowest BCUT2D eigenvalue weighted by molar-refractivity contribution is 0.275. The largest absolute Gasteiger partial charge is 0.493 e. The molecule has 1 aromatic carbocycles. The average molecular weight is 274 g/mol.